The number of anilines is 3. The molecule has 2 aliphatic rings. The molecule has 0 atom stereocenters. The minimum Gasteiger partial charge on any atom is -0.494 e. The van der Waals surface area contributed by atoms with E-state index in [-0.39, 0.29) is 34.8 Å². The largest absolute Gasteiger partial charge is 0.494 e. The third kappa shape index (κ3) is 6.83. The van der Waals surface area contributed by atoms with E-state index in [1.807, 2.05) is 0 Å². The molecule has 40 heavy (non-hydrogen) atoms. The van der Waals surface area contributed by atoms with E-state index >= 15 is 0 Å². The number of pyridine rings is 1. The van der Waals surface area contributed by atoms with Crippen LogP contribution in [-0.2, 0) is 16.1 Å². The molecule has 6 radical (unpaired) electrons. The van der Waals surface area contributed by atoms with E-state index in [1.165, 1.54) is 19.4 Å². The van der Waals surface area contributed by atoms with Crippen LogP contribution in [0.3, 0.4) is 0 Å². The number of para-hydroxylation sites is 1. The molecule has 3 heterocycles. The van der Waals surface area contributed by atoms with Crippen LogP contribution >= 0.6 is 0 Å². The predicted molar refractivity (Wildman–Crippen MR) is 149 cm³/mol. The van der Waals surface area contributed by atoms with Crippen molar-refractivity contribution in [3.05, 3.63) is 41.9 Å². The summed E-state index contributed by atoms with van der Waals surface area (Å²) in [7, 11) is 18.2. The van der Waals surface area contributed by atoms with Crippen LogP contribution in [0.15, 0.2) is 35.0 Å². The second-order valence-electron chi connectivity index (χ2n) is 9.68. The minimum atomic E-state index is -1.96. The molecule has 1 saturated heterocycles. The van der Waals surface area contributed by atoms with Gasteiger partial charge in [0.1, 0.15) is 5.82 Å². The van der Waals surface area contributed by atoms with Gasteiger partial charge in [0.05, 0.1) is 72.9 Å². The Labute approximate surface area is 235 Å². The number of nitrogens with one attached hydrogen (secondary N) is 3. The lowest BCUT2D eigenvalue weighted by Gasteiger charge is -2.24. The molecule has 3 N–H and O–H groups in total. The Hall–Kier alpha value is -3.84. The number of amides is 2. The molecule has 2 amide bonds. The number of methoxy groups -OCH3 is 1. The molecule has 1 aromatic carbocycles. The second kappa shape index (κ2) is 11.7. The summed E-state index contributed by atoms with van der Waals surface area (Å²) in [5.41, 5.74) is 1.39. The highest BCUT2D eigenvalue weighted by molar-refractivity contribution is 6.60. The molecule has 2 aromatic heterocycles. The third-order valence-electron chi connectivity index (χ3n) is 6.33. The number of hydrogen-bond acceptors (Lipinski definition) is 10. The van der Waals surface area contributed by atoms with Crippen molar-refractivity contribution < 1.29 is 23.6 Å². The maximum atomic E-state index is 12.9. The van der Waals surface area contributed by atoms with Crippen molar-refractivity contribution in [1.82, 2.24) is 25.3 Å². The van der Waals surface area contributed by atoms with Crippen LogP contribution in [0.1, 0.15) is 29.0 Å². The highest BCUT2D eigenvalue weighted by Crippen LogP contribution is 2.38. The summed E-state index contributed by atoms with van der Waals surface area (Å²) < 4.78 is 16.7. The average molecular weight is 537 g/mol. The molecular weight excluding hydrogens is 511 g/mol. The fraction of sp³-hybridized carbons (Fsp3) is 0.400. The van der Waals surface area contributed by atoms with Gasteiger partial charge in [-0.1, -0.05) is 16.5 Å². The van der Waals surface area contributed by atoms with Gasteiger partial charge in [0, 0.05) is 31.3 Å². The van der Waals surface area contributed by atoms with Gasteiger partial charge in [-0.25, -0.2) is 4.98 Å². The first-order valence-electron chi connectivity index (χ1n) is 12.8. The number of nitrogens with zero attached hydrogens (tertiary/aromatic N) is 4. The number of morpholine rings is 1. The standard InChI is InChI=1S/C25H26B3N7O5/c1-38-21-15(24-32-20(34-40-24)13-35-7-9-39-10-8-35)3-2-4-17(21)30-18-11-19(31-22(36)14-5-6-14)29-12-16(18)23(37)33-25(26,27)28/h2-4,11-12,14H,5-10,13H2,1H3,(H,33,37)(H2,29,30,31,36). The Balaban J connectivity index is 1.44. The van der Waals surface area contributed by atoms with Crippen LogP contribution in [0, 0.1) is 5.92 Å². The summed E-state index contributed by atoms with van der Waals surface area (Å²) in [5.74, 6) is 0.611. The zero-order valence-corrected chi connectivity index (χ0v) is 22.0. The molecular formula is C25H26B3N7O5. The Bertz CT molecular complexity index is 1390. The van der Waals surface area contributed by atoms with Gasteiger partial charge in [-0.2, -0.15) is 4.98 Å². The third-order valence-corrected chi connectivity index (χ3v) is 6.33. The Morgan fingerprint density at radius 1 is 1.18 bits per heavy atom. The van der Waals surface area contributed by atoms with E-state index in [9.17, 15) is 9.59 Å². The van der Waals surface area contributed by atoms with Crippen molar-refractivity contribution in [2.75, 3.05) is 44.0 Å². The number of aromatic nitrogens is 3. The van der Waals surface area contributed by atoms with Gasteiger partial charge in [0.15, 0.2) is 11.6 Å². The normalized spacial score (nSPS) is 15.8. The molecule has 1 saturated carbocycles. The van der Waals surface area contributed by atoms with Crippen molar-refractivity contribution in [2.45, 2.75) is 24.6 Å². The lowest BCUT2D eigenvalue weighted by atomic mass is 9.49. The van der Waals surface area contributed by atoms with E-state index in [1.54, 1.807) is 18.2 Å². The summed E-state index contributed by atoms with van der Waals surface area (Å²) in [6, 6.07) is 6.83. The Kier molecular flexibility index (Phi) is 8.13. The summed E-state index contributed by atoms with van der Waals surface area (Å²) in [4.78, 5) is 36.2. The fourth-order valence-electron chi connectivity index (χ4n) is 4.20. The first-order valence-corrected chi connectivity index (χ1v) is 12.8. The fourth-order valence-corrected chi connectivity index (χ4v) is 4.20. The molecule has 15 heteroatoms. The first-order chi connectivity index (χ1) is 19.2. The van der Waals surface area contributed by atoms with Crippen LogP contribution in [0.25, 0.3) is 11.5 Å². The van der Waals surface area contributed by atoms with E-state index in [4.69, 9.17) is 37.5 Å². The van der Waals surface area contributed by atoms with Crippen LogP contribution in [-0.4, -0.2) is 94.0 Å². The van der Waals surface area contributed by atoms with Crippen molar-refractivity contribution in [1.29, 1.82) is 0 Å². The van der Waals surface area contributed by atoms with Crippen molar-refractivity contribution in [3.8, 4) is 17.2 Å². The predicted octanol–water partition coefficient (Wildman–Crippen LogP) is 0.911. The van der Waals surface area contributed by atoms with Crippen LogP contribution in [0.5, 0.6) is 5.75 Å². The minimum absolute atomic E-state index is 0.0344. The zero-order chi connectivity index (χ0) is 28.3. The van der Waals surface area contributed by atoms with Crippen LogP contribution in [0.2, 0.25) is 0 Å². The SMILES string of the molecule is [B]C([B])([B])NC(=O)c1cnc(NC(=O)C2CC2)cc1Nc1cccc(-c2nc(CN3CCOCC3)no2)c1OC. The topological polar surface area (TPSA) is 144 Å². The first kappa shape index (κ1) is 27.7. The van der Waals surface area contributed by atoms with E-state index in [0.29, 0.717) is 42.6 Å². The Morgan fingerprint density at radius 2 is 1.95 bits per heavy atom. The highest BCUT2D eigenvalue weighted by atomic mass is 16.5. The van der Waals surface area contributed by atoms with Gasteiger partial charge < -0.3 is 29.9 Å². The summed E-state index contributed by atoms with van der Waals surface area (Å²) >= 11 is 0. The quantitative estimate of drug-likeness (QED) is 0.320. The van der Waals surface area contributed by atoms with Gasteiger partial charge in [-0.15, -0.1) is 0 Å². The van der Waals surface area contributed by atoms with E-state index in [2.05, 4.69) is 36.0 Å². The summed E-state index contributed by atoms with van der Waals surface area (Å²) in [6.45, 7) is 3.43. The molecule has 3 aromatic rings. The molecule has 12 nitrogen and oxygen atoms in total. The number of carbonyl (C=O) groups excluding carboxylic acids is 2. The average Bonchev–Trinajstić information content (AvgIpc) is 3.67. The van der Waals surface area contributed by atoms with Crippen molar-refractivity contribution in [2.24, 2.45) is 5.92 Å². The van der Waals surface area contributed by atoms with Crippen molar-refractivity contribution in [3.63, 3.8) is 0 Å². The number of carbonyl (C=O) groups is 2. The molecule has 0 unspecified atom stereocenters. The van der Waals surface area contributed by atoms with Gasteiger partial charge in [0.25, 0.3) is 11.8 Å². The van der Waals surface area contributed by atoms with Gasteiger partial charge in [-0.3, -0.25) is 14.5 Å². The van der Waals surface area contributed by atoms with E-state index in [0.717, 1.165) is 25.9 Å². The van der Waals surface area contributed by atoms with Gasteiger partial charge in [-0.05, 0) is 25.0 Å². The summed E-state index contributed by atoms with van der Waals surface area (Å²) in [5, 5.41) is 10.4. The number of benzene rings is 1. The highest BCUT2D eigenvalue weighted by Gasteiger charge is 2.30. The Morgan fingerprint density at radius 3 is 2.65 bits per heavy atom. The van der Waals surface area contributed by atoms with Gasteiger partial charge in [0.2, 0.25) is 5.91 Å². The molecule has 1 aliphatic carbocycles. The molecule has 200 valence electrons. The van der Waals surface area contributed by atoms with Crippen molar-refractivity contribution >= 4 is 52.5 Å². The lowest BCUT2D eigenvalue weighted by Crippen LogP contribution is -2.50. The number of ether oxygens (including phenoxy) is 2. The number of hydrogen-bond donors (Lipinski definition) is 3. The molecule has 0 bridgehead atoms. The summed E-state index contributed by atoms with van der Waals surface area (Å²) in [6.07, 6.45) is 2.95. The second-order valence-corrected chi connectivity index (χ2v) is 9.68. The monoisotopic (exact) mass is 537 g/mol. The molecule has 2 fully saturated rings. The molecule has 1 aliphatic heterocycles. The maximum Gasteiger partial charge on any atom is 0.261 e. The molecule has 0 spiro atoms. The number of rotatable bonds is 10. The molecule has 5 rings (SSSR count). The maximum absolute atomic E-state index is 12.9. The smallest absolute Gasteiger partial charge is 0.261 e. The van der Waals surface area contributed by atoms with E-state index < -0.39 is 11.1 Å². The van der Waals surface area contributed by atoms with Crippen LogP contribution in [0.4, 0.5) is 17.2 Å². The van der Waals surface area contributed by atoms with Gasteiger partial charge >= 0.3 is 0 Å². The zero-order valence-electron chi connectivity index (χ0n) is 22.0. The lowest BCUT2D eigenvalue weighted by molar-refractivity contribution is -0.117. The van der Waals surface area contributed by atoms with Crippen LogP contribution < -0.4 is 20.7 Å².